The number of benzene rings is 1. The number of phenolic OH excluding ortho intramolecular Hbond substituents is 2. The van der Waals surface area contributed by atoms with Crippen LogP contribution in [0, 0.1) is 13.8 Å². The lowest BCUT2D eigenvalue weighted by Gasteiger charge is -1.97. The van der Waals surface area contributed by atoms with Gasteiger partial charge in [0.2, 0.25) is 0 Å². The summed E-state index contributed by atoms with van der Waals surface area (Å²) in [6, 6.07) is 3.11. The molecule has 0 aliphatic rings. The summed E-state index contributed by atoms with van der Waals surface area (Å²) in [6.07, 6.45) is 0. The number of rotatable bonds is 0. The number of aryl methyl sites for hydroxylation is 2. The van der Waals surface area contributed by atoms with Crippen molar-refractivity contribution in [2.45, 2.75) is 13.8 Å². The van der Waals surface area contributed by atoms with Crippen LogP contribution in [0.5, 0.6) is 11.5 Å². The summed E-state index contributed by atoms with van der Waals surface area (Å²) in [4.78, 5) is 3.12. The second kappa shape index (κ2) is 3.53. The van der Waals surface area contributed by atoms with Crippen LogP contribution < -0.4 is 0 Å². The summed E-state index contributed by atoms with van der Waals surface area (Å²) < 4.78 is 0. The molecule has 0 aliphatic carbocycles. The van der Waals surface area contributed by atoms with Gasteiger partial charge in [0.05, 0.1) is 0 Å². The first-order valence-electron chi connectivity index (χ1n) is 4.10. The fraction of sp³-hybridized carbons (Fsp3) is 0.200. The van der Waals surface area contributed by atoms with Crippen molar-refractivity contribution >= 4 is 27.9 Å². The molecule has 3 N–H and O–H groups in total. The number of fused-ring (bicyclic) bond motifs is 1. The van der Waals surface area contributed by atoms with Crippen molar-refractivity contribution in [1.82, 2.24) is 4.98 Å². The lowest BCUT2D eigenvalue weighted by atomic mass is 10.1. The third-order valence-corrected chi connectivity index (χ3v) is 2.40. The van der Waals surface area contributed by atoms with E-state index in [1.165, 1.54) is 6.07 Å². The van der Waals surface area contributed by atoms with Gasteiger partial charge >= 0.3 is 0 Å². The second-order valence-corrected chi connectivity index (χ2v) is 3.26. The van der Waals surface area contributed by atoms with Crippen molar-refractivity contribution in [2.24, 2.45) is 0 Å². The Morgan fingerprint density at radius 1 is 1.07 bits per heavy atom. The molecule has 76 valence electrons. The van der Waals surface area contributed by atoms with Gasteiger partial charge in [-0.25, -0.2) is 0 Å². The van der Waals surface area contributed by atoms with Crippen LogP contribution >= 0.6 is 17.0 Å². The Morgan fingerprint density at radius 3 is 2.29 bits per heavy atom. The molecule has 1 aromatic heterocycles. The summed E-state index contributed by atoms with van der Waals surface area (Å²) in [5.41, 5.74) is 3.01. The first-order chi connectivity index (χ1) is 6.09. The monoisotopic (exact) mass is 257 g/mol. The first-order valence-corrected chi connectivity index (χ1v) is 4.10. The highest BCUT2D eigenvalue weighted by atomic mass is 79.9. The zero-order chi connectivity index (χ0) is 9.59. The Balaban J connectivity index is 0.000000980. The van der Waals surface area contributed by atoms with Gasteiger partial charge in [-0.2, -0.15) is 0 Å². The van der Waals surface area contributed by atoms with E-state index in [1.807, 2.05) is 13.8 Å². The molecule has 0 saturated carbocycles. The van der Waals surface area contributed by atoms with Gasteiger partial charge in [0, 0.05) is 22.7 Å². The van der Waals surface area contributed by atoms with E-state index in [9.17, 15) is 10.2 Å². The molecule has 0 atom stereocenters. The van der Waals surface area contributed by atoms with Gasteiger partial charge in [0.25, 0.3) is 0 Å². The lowest BCUT2D eigenvalue weighted by molar-refractivity contribution is 0.405. The van der Waals surface area contributed by atoms with Crippen LogP contribution in [0.4, 0.5) is 0 Å². The molecule has 2 rings (SSSR count). The van der Waals surface area contributed by atoms with Crippen molar-refractivity contribution in [2.75, 3.05) is 0 Å². The number of H-pyrrole nitrogens is 1. The van der Waals surface area contributed by atoms with E-state index in [0.29, 0.717) is 0 Å². The summed E-state index contributed by atoms with van der Waals surface area (Å²) in [5.74, 6) is -0.164. The quantitative estimate of drug-likeness (QED) is 0.636. The number of nitrogens with one attached hydrogen (secondary N) is 1. The zero-order valence-corrected chi connectivity index (χ0v) is 9.67. The minimum Gasteiger partial charge on any atom is -0.504 e. The van der Waals surface area contributed by atoms with Crippen LogP contribution in [0.1, 0.15) is 11.3 Å². The highest BCUT2D eigenvalue weighted by Gasteiger charge is 2.07. The third kappa shape index (κ3) is 1.46. The molecule has 0 unspecified atom stereocenters. The third-order valence-electron chi connectivity index (χ3n) is 2.40. The standard InChI is InChI=1S/C10H11NO2.BrH/c1-5-6(2)11-8-4-10(13)9(12)3-7(5)8;/h3-4,11-13H,1-2H3;1H. The summed E-state index contributed by atoms with van der Waals surface area (Å²) >= 11 is 0. The predicted molar refractivity (Wildman–Crippen MR) is 61.4 cm³/mol. The molecule has 0 bridgehead atoms. The van der Waals surface area contributed by atoms with E-state index < -0.39 is 0 Å². The maximum absolute atomic E-state index is 9.29. The smallest absolute Gasteiger partial charge is 0.159 e. The molecule has 0 spiro atoms. The molecule has 2 aromatic rings. The number of halogens is 1. The van der Waals surface area contributed by atoms with E-state index in [2.05, 4.69) is 4.98 Å². The van der Waals surface area contributed by atoms with Crippen molar-refractivity contribution < 1.29 is 10.2 Å². The molecule has 1 heterocycles. The van der Waals surface area contributed by atoms with Crippen molar-refractivity contribution in [1.29, 1.82) is 0 Å². The molecule has 4 heteroatoms. The number of hydrogen-bond acceptors (Lipinski definition) is 2. The average molecular weight is 258 g/mol. The van der Waals surface area contributed by atoms with Crippen LogP contribution in [0.3, 0.4) is 0 Å². The van der Waals surface area contributed by atoms with E-state index in [4.69, 9.17) is 0 Å². The molecule has 0 fully saturated rings. The second-order valence-electron chi connectivity index (χ2n) is 3.26. The Hall–Kier alpha value is -1.16. The summed E-state index contributed by atoms with van der Waals surface area (Å²) in [7, 11) is 0. The Kier molecular flexibility index (Phi) is 2.76. The van der Waals surface area contributed by atoms with E-state index in [1.54, 1.807) is 6.07 Å². The molecular weight excluding hydrogens is 246 g/mol. The highest BCUT2D eigenvalue weighted by Crippen LogP contribution is 2.32. The maximum Gasteiger partial charge on any atom is 0.159 e. The molecule has 0 saturated heterocycles. The molecular formula is C10H12BrNO2. The van der Waals surface area contributed by atoms with Crippen LogP contribution in [-0.4, -0.2) is 15.2 Å². The molecule has 0 radical (unpaired) electrons. The fourth-order valence-corrected chi connectivity index (χ4v) is 1.49. The number of aromatic nitrogens is 1. The number of aromatic amines is 1. The van der Waals surface area contributed by atoms with E-state index in [0.717, 1.165) is 22.2 Å². The summed E-state index contributed by atoms with van der Waals surface area (Å²) in [5, 5.41) is 19.5. The van der Waals surface area contributed by atoms with Crippen molar-refractivity contribution in [3.63, 3.8) is 0 Å². The van der Waals surface area contributed by atoms with Gasteiger partial charge in [-0.05, 0) is 25.5 Å². The zero-order valence-electron chi connectivity index (χ0n) is 7.96. The molecule has 0 aliphatic heterocycles. The van der Waals surface area contributed by atoms with Gasteiger partial charge in [-0.15, -0.1) is 17.0 Å². The van der Waals surface area contributed by atoms with Crippen molar-refractivity contribution in [3.8, 4) is 11.5 Å². The van der Waals surface area contributed by atoms with Crippen LogP contribution in [0.2, 0.25) is 0 Å². The SMILES string of the molecule is Br.Cc1[nH]c2cc(O)c(O)cc2c1C. The normalized spacial score (nSPS) is 10.1. The first kappa shape index (κ1) is 10.9. The van der Waals surface area contributed by atoms with Crippen LogP contribution in [0.25, 0.3) is 10.9 Å². The largest absolute Gasteiger partial charge is 0.504 e. The minimum absolute atomic E-state index is 0. The van der Waals surface area contributed by atoms with Crippen LogP contribution in [-0.2, 0) is 0 Å². The van der Waals surface area contributed by atoms with Gasteiger partial charge in [0.1, 0.15) is 0 Å². The van der Waals surface area contributed by atoms with E-state index >= 15 is 0 Å². The Bertz CT molecular complexity index is 476. The topological polar surface area (TPSA) is 56.2 Å². The van der Waals surface area contributed by atoms with Crippen LogP contribution in [0.15, 0.2) is 12.1 Å². The molecule has 0 amide bonds. The number of aromatic hydroxyl groups is 2. The van der Waals surface area contributed by atoms with Gasteiger partial charge < -0.3 is 15.2 Å². The summed E-state index contributed by atoms with van der Waals surface area (Å²) in [6.45, 7) is 3.94. The number of phenols is 2. The molecule has 14 heavy (non-hydrogen) atoms. The van der Waals surface area contributed by atoms with Crippen molar-refractivity contribution in [3.05, 3.63) is 23.4 Å². The highest BCUT2D eigenvalue weighted by molar-refractivity contribution is 8.93. The predicted octanol–water partition coefficient (Wildman–Crippen LogP) is 2.77. The maximum atomic E-state index is 9.29. The minimum atomic E-state index is -0.0891. The van der Waals surface area contributed by atoms with Gasteiger partial charge in [0.15, 0.2) is 11.5 Å². The average Bonchev–Trinajstić information content (AvgIpc) is 2.32. The molecule has 1 aromatic carbocycles. The Labute approximate surface area is 92.2 Å². The molecule has 3 nitrogen and oxygen atoms in total. The van der Waals surface area contributed by atoms with Gasteiger partial charge in [-0.1, -0.05) is 0 Å². The fourth-order valence-electron chi connectivity index (χ4n) is 1.49. The lowest BCUT2D eigenvalue weighted by Crippen LogP contribution is -1.72. The van der Waals surface area contributed by atoms with E-state index in [-0.39, 0.29) is 28.5 Å². The number of hydrogen-bond donors (Lipinski definition) is 3. The van der Waals surface area contributed by atoms with Gasteiger partial charge in [-0.3, -0.25) is 0 Å². The Morgan fingerprint density at radius 2 is 1.64 bits per heavy atom.